The van der Waals surface area contributed by atoms with Crippen LogP contribution in [0.2, 0.25) is 0 Å². The van der Waals surface area contributed by atoms with Crippen LogP contribution in [-0.4, -0.2) is 10.9 Å². The van der Waals surface area contributed by atoms with Gasteiger partial charge in [-0.25, -0.2) is 9.37 Å². The van der Waals surface area contributed by atoms with Crippen molar-refractivity contribution in [3.63, 3.8) is 0 Å². The van der Waals surface area contributed by atoms with Gasteiger partial charge in [-0.15, -0.1) is 11.3 Å². The molecule has 0 aliphatic carbocycles. The predicted octanol–water partition coefficient (Wildman–Crippen LogP) is 6.01. The molecule has 26 heavy (non-hydrogen) atoms. The Balaban J connectivity index is 2.36. The van der Waals surface area contributed by atoms with Crippen LogP contribution in [0.15, 0.2) is 18.2 Å². The minimum absolute atomic E-state index is 0.0636. The van der Waals surface area contributed by atoms with Crippen molar-refractivity contribution in [3.8, 4) is 0 Å². The molecular weight excluding hydrogens is 368 g/mol. The summed E-state index contributed by atoms with van der Waals surface area (Å²) in [5.41, 5.74) is -0.332. The minimum atomic E-state index is -4.71. The summed E-state index contributed by atoms with van der Waals surface area (Å²) in [5, 5.41) is 2.65. The number of aryl methyl sites for hydroxylation is 1. The highest BCUT2D eigenvalue weighted by Crippen LogP contribution is 2.35. The second kappa shape index (κ2) is 7.73. The van der Waals surface area contributed by atoms with Crippen molar-refractivity contribution < 1.29 is 22.4 Å². The van der Waals surface area contributed by atoms with E-state index in [0.29, 0.717) is 28.5 Å². The monoisotopic (exact) mass is 388 g/mol. The highest BCUT2D eigenvalue weighted by Gasteiger charge is 2.39. The topological polar surface area (TPSA) is 42.0 Å². The number of hydrogen-bond donors (Lipinski definition) is 1. The summed E-state index contributed by atoms with van der Waals surface area (Å²) in [7, 11) is 0. The normalized spacial score (nSPS) is 13.1. The quantitative estimate of drug-likeness (QED) is 0.637. The van der Waals surface area contributed by atoms with E-state index in [4.69, 9.17) is 0 Å². The van der Waals surface area contributed by atoms with Crippen LogP contribution in [0.25, 0.3) is 0 Å². The zero-order chi connectivity index (χ0) is 19.6. The van der Waals surface area contributed by atoms with Crippen molar-refractivity contribution in [1.82, 2.24) is 4.98 Å². The van der Waals surface area contributed by atoms with Crippen molar-refractivity contribution in [2.75, 3.05) is 5.32 Å². The third-order valence-electron chi connectivity index (χ3n) is 3.83. The van der Waals surface area contributed by atoms with Gasteiger partial charge in [0, 0.05) is 5.69 Å². The summed E-state index contributed by atoms with van der Waals surface area (Å²) in [4.78, 5) is 15.4. The van der Waals surface area contributed by atoms with Gasteiger partial charge in [-0.1, -0.05) is 20.8 Å². The second-order valence-electron chi connectivity index (χ2n) is 6.62. The van der Waals surface area contributed by atoms with E-state index in [0.717, 1.165) is 6.42 Å². The van der Waals surface area contributed by atoms with Crippen LogP contribution in [0, 0.1) is 18.7 Å². The molecule has 8 heteroatoms. The Morgan fingerprint density at radius 1 is 1.27 bits per heavy atom. The van der Waals surface area contributed by atoms with E-state index in [1.54, 1.807) is 0 Å². The van der Waals surface area contributed by atoms with E-state index in [2.05, 4.69) is 10.3 Å². The summed E-state index contributed by atoms with van der Waals surface area (Å²) in [5.74, 6) is -1.07. The first kappa shape index (κ1) is 20.4. The molecule has 3 nitrogen and oxygen atoms in total. The number of thiazole rings is 1. The minimum Gasteiger partial charge on any atom is -0.321 e. The van der Waals surface area contributed by atoms with Gasteiger partial charge in [0.15, 0.2) is 5.69 Å². The maximum atomic E-state index is 13.7. The number of amides is 1. The zero-order valence-corrected chi connectivity index (χ0v) is 15.7. The highest BCUT2D eigenvalue weighted by molar-refractivity contribution is 7.13. The van der Waals surface area contributed by atoms with Crippen molar-refractivity contribution in [3.05, 3.63) is 45.2 Å². The second-order valence-corrected chi connectivity index (χ2v) is 7.83. The first-order chi connectivity index (χ1) is 12.0. The van der Waals surface area contributed by atoms with E-state index >= 15 is 0 Å². The Hall–Kier alpha value is -1.96. The van der Waals surface area contributed by atoms with Crippen molar-refractivity contribution >= 4 is 22.9 Å². The smallest absolute Gasteiger partial charge is 0.321 e. The molecule has 0 saturated carbocycles. The van der Waals surface area contributed by atoms with E-state index in [1.807, 2.05) is 20.8 Å². The number of rotatable bonds is 5. The molecule has 142 valence electrons. The number of benzene rings is 1. The van der Waals surface area contributed by atoms with E-state index in [1.165, 1.54) is 25.1 Å². The molecule has 0 saturated heterocycles. The number of anilines is 1. The largest absolute Gasteiger partial charge is 0.435 e. The Bertz CT molecular complexity index is 799. The van der Waals surface area contributed by atoms with Gasteiger partial charge in [-0.3, -0.25) is 4.79 Å². The number of carbonyl (C=O) groups excluding carboxylic acids is 1. The molecule has 1 aromatic heterocycles. The zero-order valence-electron chi connectivity index (χ0n) is 14.9. The number of alkyl halides is 3. The molecule has 2 aromatic rings. The lowest BCUT2D eigenvalue weighted by Crippen LogP contribution is -2.18. The van der Waals surface area contributed by atoms with Gasteiger partial charge >= 0.3 is 6.18 Å². The van der Waals surface area contributed by atoms with Crippen LogP contribution in [0.4, 0.5) is 23.2 Å². The van der Waals surface area contributed by atoms with Gasteiger partial charge in [0.05, 0.1) is 5.01 Å². The molecule has 1 heterocycles. The maximum Gasteiger partial charge on any atom is 0.435 e. The molecule has 1 unspecified atom stereocenters. The Morgan fingerprint density at radius 2 is 1.92 bits per heavy atom. The number of nitrogens with zero attached hydrogens (tertiary/aromatic N) is 1. The molecule has 1 amide bonds. The highest BCUT2D eigenvalue weighted by atomic mass is 32.1. The van der Waals surface area contributed by atoms with E-state index < -0.39 is 28.5 Å². The fourth-order valence-corrected chi connectivity index (χ4v) is 3.68. The molecule has 0 radical (unpaired) electrons. The molecule has 1 N–H and O–H groups in total. The van der Waals surface area contributed by atoms with Crippen LogP contribution < -0.4 is 5.32 Å². The van der Waals surface area contributed by atoms with Crippen LogP contribution in [-0.2, 0) is 6.18 Å². The molecule has 0 aliphatic heterocycles. The maximum absolute atomic E-state index is 13.7. The van der Waals surface area contributed by atoms with Gasteiger partial charge in [0.1, 0.15) is 10.7 Å². The average molecular weight is 388 g/mol. The average Bonchev–Trinajstić information content (AvgIpc) is 2.90. The standard InChI is InChI=1S/C18H20F4N2OS/c1-9(2)7-10(3)13-8-12(19)5-6-14(13)24-17(25)15-16(18(20,21)22)23-11(4)26-15/h5-6,8-10H,7H2,1-4H3,(H,24,25). The summed E-state index contributed by atoms with van der Waals surface area (Å²) in [6.07, 6.45) is -3.96. The van der Waals surface area contributed by atoms with E-state index in [9.17, 15) is 22.4 Å². The fraction of sp³-hybridized carbons (Fsp3) is 0.444. The lowest BCUT2D eigenvalue weighted by atomic mass is 9.90. The summed E-state index contributed by atoms with van der Waals surface area (Å²) >= 11 is 0.679. The molecule has 0 aliphatic rings. The summed E-state index contributed by atoms with van der Waals surface area (Å²) in [6, 6.07) is 3.86. The van der Waals surface area contributed by atoms with Gasteiger partial charge in [-0.2, -0.15) is 13.2 Å². The third kappa shape index (κ3) is 4.81. The van der Waals surface area contributed by atoms with E-state index in [-0.39, 0.29) is 10.9 Å². The van der Waals surface area contributed by atoms with Crippen molar-refractivity contribution in [2.24, 2.45) is 5.92 Å². The third-order valence-corrected chi connectivity index (χ3v) is 4.80. The van der Waals surface area contributed by atoms with Crippen LogP contribution >= 0.6 is 11.3 Å². The first-order valence-electron chi connectivity index (χ1n) is 8.14. The van der Waals surface area contributed by atoms with Gasteiger partial charge in [0.2, 0.25) is 0 Å². The SMILES string of the molecule is Cc1nc(C(F)(F)F)c(C(=O)Nc2ccc(F)cc2C(C)CC(C)C)s1. The molecule has 0 spiro atoms. The predicted molar refractivity (Wildman–Crippen MR) is 94.1 cm³/mol. The first-order valence-corrected chi connectivity index (χ1v) is 8.96. The van der Waals surface area contributed by atoms with Crippen LogP contribution in [0.5, 0.6) is 0 Å². The van der Waals surface area contributed by atoms with Gasteiger partial charge in [0.25, 0.3) is 5.91 Å². The number of halogens is 4. The van der Waals surface area contributed by atoms with Crippen molar-refractivity contribution in [2.45, 2.75) is 46.2 Å². The molecule has 1 atom stereocenters. The fourth-order valence-electron chi connectivity index (χ4n) is 2.84. The lowest BCUT2D eigenvalue weighted by molar-refractivity contribution is -0.141. The van der Waals surface area contributed by atoms with Crippen LogP contribution in [0.3, 0.4) is 0 Å². The molecule has 0 fully saturated rings. The summed E-state index contributed by atoms with van der Waals surface area (Å²) < 4.78 is 52.9. The number of aromatic nitrogens is 1. The Morgan fingerprint density at radius 3 is 2.50 bits per heavy atom. The molecule has 2 rings (SSSR count). The van der Waals surface area contributed by atoms with Gasteiger partial charge < -0.3 is 5.32 Å². The molecule has 1 aromatic carbocycles. The number of carbonyl (C=O) groups is 1. The lowest BCUT2D eigenvalue weighted by Gasteiger charge is -2.19. The van der Waals surface area contributed by atoms with Crippen molar-refractivity contribution in [1.29, 1.82) is 0 Å². The Labute approximate surface area is 153 Å². The number of hydrogen-bond acceptors (Lipinski definition) is 3. The molecular formula is C18H20F4N2OS. The molecule has 0 bridgehead atoms. The van der Waals surface area contributed by atoms with Gasteiger partial charge in [-0.05, 0) is 48.9 Å². The van der Waals surface area contributed by atoms with Crippen LogP contribution in [0.1, 0.15) is 59.0 Å². The number of nitrogens with one attached hydrogen (secondary N) is 1. The summed E-state index contributed by atoms with van der Waals surface area (Å²) in [6.45, 7) is 7.33. The Kier molecular flexibility index (Phi) is 6.05.